The Labute approximate surface area is 145 Å². The zero-order chi connectivity index (χ0) is 18.6. The Hall–Kier alpha value is -2.70. The van der Waals surface area contributed by atoms with Crippen molar-refractivity contribution in [3.63, 3.8) is 0 Å². The van der Waals surface area contributed by atoms with Gasteiger partial charge in [0, 0.05) is 6.54 Å². The second-order valence-corrected chi connectivity index (χ2v) is 5.84. The highest BCUT2D eigenvalue weighted by atomic mass is 16.5. The zero-order valence-corrected chi connectivity index (χ0v) is 14.5. The van der Waals surface area contributed by atoms with Crippen LogP contribution in [0.4, 0.5) is 0 Å². The lowest BCUT2D eigenvalue weighted by atomic mass is 9.80. The molecule has 1 fully saturated rings. The molecule has 1 aliphatic heterocycles. The summed E-state index contributed by atoms with van der Waals surface area (Å²) in [6.45, 7) is 3.39. The number of Topliss-reactive ketones (excluding diaryl/α,β-unsaturated/α-hetero) is 1. The van der Waals surface area contributed by atoms with Gasteiger partial charge in [-0.1, -0.05) is 30.3 Å². The van der Waals surface area contributed by atoms with Crippen LogP contribution in [-0.4, -0.2) is 48.3 Å². The van der Waals surface area contributed by atoms with Crippen molar-refractivity contribution in [3.05, 3.63) is 35.9 Å². The molecule has 1 aromatic rings. The number of likely N-dealkylation sites (tertiary alicyclic amines) is 1. The van der Waals surface area contributed by atoms with Gasteiger partial charge in [0.05, 0.1) is 26.2 Å². The Morgan fingerprint density at radius 3 is 2.40 bits per heavy atom. The number of carbonyl (C=O) groups excluding carboxylic acids is 4. The molecular formula is C18H21NO6. The van der Waals surface area contributed by atoms with E-state index in [0.717, 1.165) is 12.7 Å². The van der Waals surface area contributed by atoms with Gasteiger partial charge in [-0.3, -0.25) is 19.2 Å². The van der Waals surface area contributed by atoms with Crippen molar-refractivity contribution in [2.24, 2.45) is 5.41 Å². The maximum absolute atomic E-state index is 13.0. The van der Waals surface area contributed by atoms with Gasteiger partial charge >= 0.3 is 11.9 Å². The minimum absolute atomic E-state index is 0.0851. The van der Waals surface area contributed by atoms with Gasteiger partial charge in [0.2, 0.25) is 11.3 Å². The highest BCUT2D eigenvalue weighted by Gasteiger charge is 2.64. The van der Waals surface area contributed by atoms with Crippen LogP contribution in [0.1, 0.15) is 25.8 Å². The zero-order valence-electron chi connectivity index (χ0n) is 14.5. The van der Waals surface area contributed by atoms with E-state index in [1.807, 2.05) is 30.3 Å². The number of hydrogen-bond acceptors (Lipinski definition) is 6. The van der Waals surface area contributed by atoms with Crippen LogP contribution >= 0.6 is 0 Å². The van der Waals surface area contributed by atoms with Crippen molar-refractivity contribution >= 4 is 23.6 Å². The molecule has 0 aliphatic carbocycles. The van der Waals surface area contributed by atoms with Crippen molar-refractivity contribution in [3.8, 4) is 0 Å². The van der Waals surface area contributed by atoms with Gasteiger partial charge in [-0.05, 0) is 19.4 Å². The molecule has 1 amide bonds. The number of nitrogens with zero attached hydrogens (tertiary/aromatic N) is 1. The van der Waals surface area contributed by atoms with Crippen molar-refractivity contribution in [1.82, 2.24) is 4.90 Å². The maximum atomic E-state index is 13.0. The molecule has 134 valence electrons. The van der Waals surface area contributed by atoms with E-state index in [-0.39, 0.29) is 13.2 Å². The van der Waals surface area contributed by atoms with Gasteiger partial charge in [0.1, 0.15) is 0 Å². The molecule has 0 saturated carbocycles. The fourth-order valence-corrected chi connectivity index (χ4v) is 3.04. The summed E-state index contributed by atoms with van der Waals surface area (Å²) in [6, 6.07) is 8.25. The standard InChI is InChI=1S/C18H21NO6/c1-4-25-14(20)10-18(17(23)24-3)15(21)12(2)19(16(18)22)11-13-8-6-5-7-9-13/h5-9,12H,4,10-11H2,1-3H3/t12-,18?/m1/s1. The van der Waals surface area contributed by atoms with Crippen LogP contribution in [0.5, 0.6) is 0 Å². The van der Waals surface area contributed by atoms with E-state index >= 15 is 0 Å². The predicted molar refractivity (Wildman–Crippen MR) is 87.2 cm³/mol. The Morgan fingerprint density at radius 1 is 1.20 bits per heavy atom. The van der Waals surface area contributed by atoms with Crippen molar-refractivity contribution in [2.75, 3.05) is 13.7 Å². The Kier molecular flexibility index (Phi) is 5.56. The molecule has 1 aromatic carbocycles. The van der Waals surface area contributed by atoms with Crippen LogP contribution in [0.2, 0.25) is 0 Å². The SMILES string of the molecule is CCOC(=O)CC1(C(=O)OC)C(=O)[C@@H](C)N(Cc2ccccc2)C1=O. The van der Waals surface area contributed by atoms with Gasteiger partial charge < -0.3 is 14.4 Å². The third kappa shape index (κ3) is 3.26. The molecule has 1 heterocycles. The van der Waals surface area contributed by atoms with E-state index in [4.69, 9.17) is 4.74 Å². The fraction of sp³-hybridized carbons (Fsp3) is 0.444. The average molecular weight is 347 g/mol. The number of methoxy groups -OCH3 is 1. The minimum Gasteiger partial charge on any atom is -0.468 e. The highest BCUT2D eigenvalue weighted by Crippen LogP contribution is 2.38. The number of hydrogen-bond donors (Lipinski definition) is 0. The number of esters is 2. The van der Waals surface area contributed by atoms with Crippen LogP contribution in [0.25, 0.3) is 0 Å². The molecule has 0 aromatic heterocycles. The molecule has 1 aliphatic rings. The summed E-state index contributed by atoms with van der Waals surface area (Å²) in [7, 11) is 1.08. The van der Waals surface area contributed by atoms with Crippen molar-refractivity contribution in [2.45, 2.75) is 32.9 Å². The summed E-state index contributed by atoms with van der Waals surface area (Å²) in [4.78, 5) is 51.4. The quantitative estimate of drug-likeness (QED) is 0.565. The molecule has 0 spiro atoms. The van der Waals surface area contributed by atoms with Gasteiger partial charge in [-0.25, -0.2) is 0 Å². The van der Waals surface area contributed by atoms with Crippen LogP contribution in [-0.2, 0) is 35.2 Å². The number of rotatable bonds is 6. The van der Waals surface area contributed by atoms with Crippen LogP contribution in [0, 0.1) is 5.41 Å². The first kappa shape index (κ1) is 18.6. The molecule has 0 N–H and O–H groups in total. The molecule has 1 saturated heterocycles. The smallest absolute Gasteiger partial charge is 0.329 e. The number of ketones is 1. The molecule has 7 nitrogen and oxygen atoms in total. The summed E-state index contributed by atoms with van der Waals surface area (Å²) >= 11 is 0. The third-order valence-electron chi connectivity index (χ3n) is 4.34. The van der Waals surface area contributed by atoms with Crippen LogP contribution in [0.3, 0.4) is 0 Å². The summed E-state index contributed by atoms with van der Waals surface area (Å²) in [5.74, 6) is -3.19. The molecule has 0 bridgehead atoms. The molecular weight excluding hydrogens is 326 g/mol. The molecule has 0 radical (unpaired) electrons. The molecule has 1 unspecified atom stereocenters. The fourth-order valence-electron chi connectivity index (χ4n) is 3.04. The molecule has 2 atom stereocenters. The summed E-state index contributed by atoms with van der Waals surface area (Å²) in [6.07, 6.45) is -0.652. The summed E-state index contributed by atoms with van der Waals surface area (Å²) in [5.41, 5.74) is -1.36. The topological polar surface area (TPSA) is 90.0 Å². The lowest BCUT2D eigenvalue weighted by Crippen LogP contribution is -2.46. The number of ether oxygens (including phenoxy) is 2. The summed E-state index contributed by atoms with van der Waals surface area (Å²) in [5, 5.41) is 0. The largest absolute Gasteiger partial charge is 0.468 e. The van der Waals surface area contributed by atoms with Gasteiger partial charge in [0.15, 0.2) is 5.78 Å². The molecule has 7 heteroatoms. The van der Waals surface area contributed by atoms with Crippen molar-refractivity contribution < 1.29 is 28.7 Å². The van der Waals surface area contributed by atoms with Crippen LogP contribution in [0.15, 0.2) is 30.3 Å². The first-order valence-corrected chi connectivity index (χ1v) is 8.01. The summed E-state index contributed by atoms with van der Waals surface area (Å²) < 4.78 is 9.53. The normalized spacial score (nSPS) is 22.8. The monoisotopic (exact) mass is 347 g/mol. The van der Waals surface area contributed by atoms with E-state index in [9.17, 15) is 19.2 Å². The third-order valence-corrected chi connectivity index (χ3v) is 4.34. The second-order valence-electron chi connectivity index (χ2n) is 5.84. The lowest BCUT2D eigenvalue weighted by Gasteiger charge is -2.23. The minimum atomic E-state index is -2.17. The van der Waals surface area contributed by atoms with Crippen LogP contribution < -0.4 is 0 Å². The second kappa shape index (κ2) is 7.46. The Balaban J connectivity index is 2.39. The van der Waals surface area contributed by atoms with E-state index in [1.54, 1.807) is 13.8 Å². The van der Waals surface area contributed by atoms with Gasteiger partial charge in [0.25, 0.3) is 0 Å². The first-order valence-electron chi connectivity index (χ1n) is 8.01. The highest BCUT2D eigenvalue weighted by molar-refractivity contribution is 6.28. The average Bonchev–Trinajstić information content (AvgIpc) is 2.78. The van der Waals surface area contributed by atoms with E-state index in [1.165, 1.54) is 4.90 Å². The first-order chi connectivity index (χ1) is 11.9. The molecule has 2 rings (SSSR count). The van der Waals surface area contributed by atoms with E-state index < -0.39 is 41.5 Å². The Bertz CT molecular complexity index is 686. The van der Waals surface area contributed by atoms with Crippen molar-refractivity contribution in [1.29, 1.82) is 0 Å². The lowest BCUT2D eigenvalue weighted by molar-refractivity contribution is -0.167. The van der Waals surface area contributed by atoms with E-state index in [0.29, 0.717) is 0 Å². The van der Waals surface area contributed by atoms with E-state index in [2.05, 4.69) is 4.74 Å². The van der Waals surface area contributed by atoms with Gasteiger partial charge in [-0.2, -0.15) is 0 Å². The number of carbonyl (C=O) groups is 4. The maximum Gasteiger partial charge on any atom is 0.329 e. The van der Waals surface area contributed by atoms with Gasteiger partial charge in [-0.15, -0.1) is 0 Å². The number of amides is 1. The number of benzene rings is 1. The Morgan fingerprint density at radius 2 is 1.84 bits per heavy atom. The molecule has 25 heavy (non-hydrogen) atoms. The predicted octanol–water partition coefficient (Wildman–Crippen LogP) is 1.10.